The summed E-state index contributed by atoms with van der Waals surface area (Å²) in [6.07, 6.45) is 4.35. The van der Waals surface area contributed by atoms with E-state index in [0.29, 0.717) is 29.6 Å². The molecule has 0 aromatic heterocycles. The molecule has 0 heterocycles. The first-order chi connectivity index (χ1) is 7.94. The maximum absolute atomic E-state index is 12.2. The quantitative estimate of drug-likeness (QED) is 0.668. The van der Waals surface area contributed by atoms with E-state index in [0.717, 1.165) is 6.42 Å². The fourth-order valence-electron chi connectivity index (χ4n) is 1.71. The summed E-state index contributed by atoms with van der Waals surface area (Å²) < 4.78 is 0. The summed E-state index contributed by atoms with van der Waals surface area (Å²) in [4.78, 5) is 12.5. The molecule has 1 unspecified atom stereocenters. The van der Waals surface area contributed by atoms with Gasteiger partial charge >= 0.3 is 0 Å². The fourth-order valence-corrected chi connectivity index (χ4v) is 2.44. The van der Waals surface area contributed by atoms with E-state index in [1.165, 1.54) is 0 Å². The summed E-state index contributed by atoms with van der Waals surface area (Å²) in [5, 5.41) is 3.51. The summed E-state index contributed by atoms with van der Waals surface area (Å²) in [7, 11) is 0. The standard InChI is InChI=1S/C12H24N2OS2/c1-5-12(6-2,10(13)16)11(15)14-8-7-9(3)17-4/h9H,5-8H2,1-4H3,(H2,13,16)(H,14,15). The zero-order chi connectivity index (χ0) is 13.5. The van der Waals surface area contributed by atoms with Gasteiger partial charge in [0.1, 0.15) is 0 Å². The Morgan fingerprint density at radius 1 is 1.47 bits per heavy atom. The van der Waals surface area contributed by atoms with E-state index in [4.69, 9.17) is 18.0 Å². The summed E-state index contributed by atoms with van der Waals surface area (Å²) in [5.74, 6) is -0.0247. The SMILES string of the molecule is CCC(CC)(C(=O)NCCC(C)SC)C(N)=S. The Hall–Kier alpha value is -0.290. The molecule has 5 heteroatoms. The molecule has 17 heavy (non-hydrogen) atoms. The molecule has 0 aliphatic rings. The second kappa shape index (κ2) is 7.93. The average molecular weight is 276 g/mol. The first kappa shape index (κ1) is 16.7. The predicted octanol–water partition coefficient (Wildman–Crippen LogP) is 2.34. The van der Waals surface area contributed by atoms with Gasteiger partial charge in [0.2, 0.25) is 5.91 Å². The molecular formula is C12H24N2OS2. The number of thioether (sulfide) groups is 1. The Morgan fingerprint density at radius 3 is 2.35 bits per heavy atom. The third kappa shape index (κ3) is 4.47. The molecule has 3 nitrogen and oxygen atoms in total. The summed E-state index contributed by atoms with van der Waals surface area (Å²) in [6.45, 7) is 6.74. The van der Waals surface area contributed by atoms with Gasteiger partial charge in [0, 0.05) is 11.8 Å². The van der Waals surface area contributed by atoms with Crippen LogP contribution in [-0.2, 0) is 4.79 Å². The third-order valence-electron chi connectivity index (χ3n) is 3.35. The highest BCUT2D eigenvalue weighted by molar-refractivity contribution is 7.99. The summed E-state index contributed by atoms with van der Waals surface area (Å²) >= 11 is 6.84. The van der Waals surface area contributed by atoms with Crippen molar-refractivity contribution in [1.82, 2.24) is 5.32 Å². The number of nitrogens with one attached hydrogen (secondary N) is 1. The number of thiocarbonyl (C=S) groups is 1. The molecular weight excluding hydrogens is 252 g/mol. The number of hydrogen-bond acceptors (Lipinski definition) is 3. The highest BCUT2D eigenvalue weighted by Crippen LogP contribution is 2.27. The molecule has 1 atom stereocenters. The second-order valence-electron chi connectivity index (χ2n) is 4.24. The van der Waals surface area contributed by atoms with Crippen LogP contribution < -0.4 is 11.1 Å². The minimum Gasteiger partial charge on any atom is -0.392 e. The van der Waals surface area contributed by atoms with Gasteiger partial charge in [-0.15, -0.1) is 0 Å². The zero-order valence-corrected chi connectivity index (χ0v) is 12.8. The number of nitrogens with two attached hydrogens (primary N) is 1. The molecule has 3 N–H and O–H groups in total. The number of hydrogen-bond donors (Lipinski definition) is 2. The van der Waals surface area contributed by atoms with Crippen molar-refractivity contribution in [3.63, 3.8) is 0 Å². The lowest BCUT2D eigenvalue weighted by Crippen LogP contribution is -2.48. The van der Waals surface area contributed by atoms with Crippen molar-refractivity contribution in [3.05, 3.63) is 0 Å². The van der Waals surface area contributed by atoms with E-state index in [1.807, 2.05) is 13.8 Å². The molecule has 0 spiro atoms. The molecule has 0 aliphatic heterocycles. The van der Waals surface area contributed by atoms with Crippen LogP contribution in [0.3, 0.4) is 0 Å². The van der Waals surface area contributed by atoms with Gasteiger partial charge in [-0.1, -0.05) is 33.0 Å². The van der Waals surface area contributed by atoms with Crippen molar-refractivity contribution >= 4 is 34.9 Å². The number of amides is 1. The average Bonchev–Trinajstić information content (AvgIpc) is 2.30. The van der Waals surface area contributed by atoms with Crippen molar-refractivity contribution in [3.8, 4) is 0 Å². The van der Waals surface area contributed by atoms with Crippen LogP contribution in [-0.4, -0.2) is 28.9 Å². The van der Waals surface area contributed by atoms with Gasteiger partial charge < -0.3 is 11.1 Å². The van der Waals surface area contributed by atoms with Crippen LogP contribution in [0.4, 0.5) is 0 Å². The minimum absolute atomic E-state index is 0.0247. The molecule has 0 bridgehead atoms. The Bertz CT molecular complexity index is 265. The molecule has 1 amide bonds. The number of carbonyl (C=O) groups is 1. The minimum atomic E-state index is -0.669. The maximum atomic E-state index is 12.2. The van der Waals surface area contributed by atoms with Gasteiger partial charge in [0.05, 0.1) is 10.4 Å². The van der Waals surface area contributed by atoms with Crippen molar-refractivity contribution in [2.45, 2.75) is 45.3 Å². The molecule has 0 saturated heterocycles. The van der Waals surface area contributed by atoms with Crippen LogP contribution >= 0.6 is 24.0 Å². The van der Waals surface area contributed by atoms with Gasteiger partial charge in [-0.3, -0.25) is 4.79 Å². The van der Waals surface area contributed by atoms with Gasteiger partial charge in [0.25, 0.3) is 0 Å². The van der Waals surface area contributed by atoms with E-state index in [-0.39, 0.29) is 5.91 Å². The molecule has 0 radical (unpaired) electrons. The lowest BCUT2D eigenvalue weighted by atomic mass is 9.81. The van der Waals surface area contributed by atoms with Crippen LogP contribution in [0, 0.1) is 5.41 Å². The van der Waals surface area contributed by atoms with Crippen molar-refractivity contribution < 1.29 is 4.79 Å². The molecule has 0 fully saturated rings. The number of carbonyl (C=O) groups excluding carboxylic acids is 1. The van der Waals surface area contributed by atoms with Crippen molar-refractivity contribution in [2.24, 2.45) is 11.1 Å². The van der Waals surface area contributed by atoms with Crippen LogP contribution in [0.25, 0.3) is 0 Å². The number of rotatable bonds is 8. The highest BCUT2D eigenvalue weighted by Gasteiger charge is 2.37. The first-order valence-electron chi connectivity index (χ1n) is 6.05. The van der Waals surface area contributed by atoms with E-state index >= 15 is 0 Å². The first-order valence-corrected chi connectivity index (χ1v) is 7.75. The Kier molecular flexibility index (Phi) is 7.79. The highest BCUT2D eigenvalue weighted by atomic mass is 32.2. The van der Waals surface area contributed by atoms with Crippen molar-refractivity contribution in [1.29, 1.82) is 0 Å². The fraction of sp³-hybridized carbons (Fsp3) is 0.833. The summed E-state index contributed by atoms with van der Waals surface area (Å²) in [6, 6.07) is 0. The Balaban J connectivity index is 4.40. The lowest BCUT2D eigenvalue weighted by molar-refractivity contribution is -0.127. The summed E-state index contributed by atoms with van der Waals surface area (Å²) in [5.41, 5.74) is 5.05. The monoisotopic (exact) mass is 276 g/mol. The van der Waals surface area contributed by atoms with Gasteiger partial charge in [-0.25, -0.2) is 0 Å². The normalized spacial score (nSPS) is 13.2. The van der Waals surface area contributed by atoms with Crippen LogP contribution in [0.2, 0.25) is 0 Å². The van der Waals surface area contributed by atoms with Crippen molar-refractivity contribution in [2.75, 3.05) is 12.8 Å². The molecule has 0 rings (SSSR count). The Morgan fingerprint density at radius 2 is 2.00 bits per heavy atom. The lowest BCUT2D eigenvalue weighted by Gasteiger charge is -2.29. The Labute approximate surface area is 114 Å². The topological polar surface area (TPSA) is 55.1 Å². The van der Waals surface area contributed by atoms with Crippen LogP contribution in [0.1, 0.15) is 40.0 Å². The second-order valence-corrected chi connectivity index (χ2v) is 5.96. The molecule has 0 aromatic carbocycles. The molecule has 0 saturated carbocycles. The van der Waals surface area contributed by atoms with Crippen LogP contribution in [0.5, 0.6) is 0 Å². The predicted molar refractivity (Wildman–Crippen MR) is 80.4 cm³/mol. The van der Waals surface area contributed by atoms with E-state index < -0.39 is 5.41 Å². The molecule has 0 aliphatic carbocycles. The zero-order valence-electron chi connectivity index (χ0n) is 11.2. The smallest absolute Gasteiger partial charge is 0.233 e. The van der Waals surface area contributed by atoms with E-state index in [2.05, 4.69) is 18.5 Å². The molecule has 100 valence electrons. The van der Waals surface area contributed by atoms with E-state index in [9.17, 15) is 4.79 Å². The van der Waals surface area contributed by atoms with Gasteiger partial charge in [-0.05, 0) is 25.5 Å². The largest absolute Gasteiger partial charge is 0.392 e. The van der Waals surface area contributed by atoms with Gasteiger partial charge in [0.15, 0.2) is 0 Å². The third-order valence-corrected chi connectivity index (χ3v) is 4.78. The van der Waals surface area contributed by atoms with E-state index in [1.54, 1.807) is 11.8 Å². The van der Waals surface area contributed by atoms with Gasteiger partial charge in [-0.2, -0.15) is 11.8 Å². The maximum Gasteiger partial charge on any atom is 0.233 e. The molecule has 0 aromatic rings. The van der Waals surface area contributed by atoms with Crippen LogP contribution in [0.15, 0.2) is 0 Å².